The van der Waals surface area contributed by atoms with Crippen molar-refractivity contribution in [2.24, 2.45) is 22.9 Å². The van der Waals surface area contributed by atoms with E-state index in [4.69, 9.17) is 19.3 Å². The van der Waals surface area contributed by atoms with Gasteiger partial charge in [0.2, 0.25) is 6.04 Å². The molecule has 2 saturated heterocycles. The second kappa shape index (κ2) is 6.70. The standard InChI is InChI=1S/C18H25N3O6/c22-18-20-13(8-25-18)5-11-6-15-16(27-9-26-15)7-14(11)17(19-20)10-1-3-12(4-2-10)21(23)24/h10-16H,1-9H2. The monoisotopic (exact) mass is 379 g/mol. The van der Waals surface area contributed by atoms with E-state index in [-0.39, 0.29) is 41.1 Å². The summed E-state index contributed by atoms with van der Waals surface area (Å²) in [5.74, 6) is 0.827. The summed E-state index contributed by atoms with van der Waals surface area (Å²) in [5, 5.41) is 17.5. The number of fused-ring (bicyclic) bond motifs is 3. The fraction of sp³-hybridized carbons (Fsp3) is 0.889. The van der Waals surface area contributed by atoms with Gasteiger partial charge in [0.15, 0.2) is 0 Å². The minimum Gasteiger partial charge on any atom is -0.446 e. The highest BCUT2D eigenvalue weighted by Crippen LogP contribution is 2.45. The molecule has 0 aromatic rings. The van der Waals surface area contributed by atoms with Crippen molar-refractivity contribution in [2.45, 2.75) is 69.2 Å². The average Bonchev–Trinajstić information content (AvgIpc) is 3.21. The first kappa shape index (κ1) is 17.4. The van der Waals surface area contributed by atoms with Gasteiger partial charge in [-0.2, -0.15) is 10.1 Å². The molecule has 0 spiro atoms. The molecule has 2 saturated carbocycles. The molecule has 3 heterocycles. The Morgan fingerprint density at radius 1 is 1.07 bits per heavy atom. The predicted octanol–water partition coefficient (Wildman–Crippen LogP) is 2.17. The van der Waals surface area contributed by atoms with Crippen molar-refractivity contribution in [1.82, 2.24) is 5.01 Å². The van der Waals surface area contributed by atoms with Crippen LogP contribution in [0, 0.1) is 27.9 Å². The van der Waals surface area contributed by atoms with Crippen LogP contribution >= 0.6 is 0 Å². The van der Waals surface area contributed by atoms with Crippen LogP contribution in [0.25, 0.3) is 0 Å². The van der Waals surface area contributed by atoms with E-state index in [1.54, 1.807) is 0 Å². The van der Waals surface area contributed by atoms with Gasteiger partial charge in [0.25, 0.3) is 0 Å². The first-order valence-corrected chi connectivity index (χ1v) is 10.0. The summed E-state index contributed by atoms with van der Waals surface area (Å²) in [6, 6.07) is -0.466. The van der Waals surface area contributed by atoms with Gasteiger partial charge in [-0.1, -0.05) is 0 Å². The van der Waals surface area contributed by atoms with Crippen molar-refractivity contribution < 1.29 is 23.9 Å². The molecular weight excluding hydrogens is 354 g/mol. The third kappa shape index (κ3) is 3.00. The van der Waals surface area contributed by atoms with Gasteiger partial charge in [-0.3, -0.25) is 10.1 Å². The van der Waals surface area contributed by atoms with Crippen LogP contribution < -0.4 is 0 Å². The van der Waals surface area contributed by atoms with Gasteiger partial charge in [0.1, 0.15) is 13.4 Å². The number of rotatable bonds is 2. The van der Waals surface area contributed by atoms with E-state index in [0.29, 0.717) is 32.2 Å². The Balaban J connectivity index is 1.43. The van der Waals surface area contributed by atoms with E-state index in [2.05, 4.69) is 0 Å². The molecule has 27 heavy (non-hydrogen) atoms. The Labute approximate surface area is 157 Å². The van der Waals surface area contributed by atoms with E-state index in [1.807, 2.05) is 0 Å². The number of nitro groups is 1. The Morgan fingerprint density at radius 3 is 2.56 bits per heavy atom. The fourth-order valence-electron chi connectivity index (χ4n) is 5.65. The smallest absolute Gasteiger partial charge is 0.430 e. The molecule has 5 unspecified atom stereocenters. The molecule has 9 nitrogen and oxygen atoms in total. The van der Waals surface area contributed by atoms with Gasteiger partial charge in [0, 0.05) is 29.4 Å². The summed E-state index contributed by atoms with van der Waals surface area (Å²) in [6.07, 6.45) is 5.15. The van der Waals surface area contributed by atoms with Gasteiger partial charge >= 0.3 is 6.09 Å². The van der Waals surface area contributed by atoms with Crippen LogP contribution in [0.4, 0.5) is 4.79 Å². The SMILES string of the molecule is O=C1OCC2CC3CC4OCOC4CC3C(C3CCC([N+](=O)[O-])CC3)=NN12. The number of carbonyl (C=O) groups is 1. The third-order valence-electron chi connectivity index (χ3n) is 7.09. The van der Waals surface area contributed by atoms with E-state index < -0.39 is 6.04 Å². The maximum atomic E-state index is 12.2. The van der Waals surface area contributed by atoms with E-state index in [1.165, 1.54) is 5.01 Å². The number of hydrogen-bond donors (Lipinski definition) is 0. The first-order chi connectivity index (χ1) is 13.1. The van der Waals surface area contributed by atoms with Crippen LogP contribution in [-0.4, -0.2) is 59.4 Å². The second-order valence-corrected chi connectivity index (χ2v) is 8.49. The molecule has 4 fully saturated rings. The number of amides is 1. The van der Waals surface area contributed by atoms with Gasteiger partial charge in [-0.05, 0) is 43.9 Å². The number of nitrogens with zero attached hydrogens (tertiary/aromatic N) is 3. The molecule has 148 valence electrons. The highest BCUT2D eigenvalue weighted by atomic mass is 16.7. The van der Waals surface area contributed by atoms with Crippen molar-refractivity contribution in [3.05, 3.63) is 10.1 Å². The molecule has 5 rings (SSSR count). The Morgan fingerprint density at radius 2 is 1.81 bits per heavy atom. The number of carbonyl (C=O) groups excluding carboxylic acids is 1. The minimum absolute atomic E-state index is 0.0171. The first-order valence-electron chi connectivity index (χ1n) is 10.0. The normalized spacial score (nSPS) is 43.9. The number of cyclic esters (lactones) is 1. The Hall–Kier alpha value is -1.74. The van der Waals surface area contributed by atoms with Crippen molar-refractivity contribution in [3.63, 3.8) is 0 Å². The maximum Gasteiger partial charge on any atom is 0.430 e. The lowest BCUT2D eigenvalue weighted by Crippen LogP contribution is -2.43. The Kier molecular flexibility index (Phi) is 4.31. The number of hydrogen-bond acceptors (Lipinski definition) is 7. The lowest BCUT2D eigenvalue weighted by atomic mass is 9.67. The van der Waals surface area contributed by atoms with Crippen molar-refractivity contribution in [3.8, 4) is 0 Å². The van der Waals surface area contributed by atoms with E-state index in [9.17, 15) is 14.9 Å². The summed E-state index contributed by atoms with van der Waals surface area (Å²) >= 11 is 0. The topological polar surface area (TPSA) is 104 Å². The van der Waals surface area contributed by atoms with Crippen LogP contribution in [0.1, 0.15) is 44.9 Å². The minimum atomic E-state index is -0.449. The van der Waals surface area contributed by atoms with E-state index >= 15 is 0 Å². The molecule has 2 aliphatic carbocycles. The van der Waals surface area contributed by atoms with Crippen molar-refractivity contribution in [1.29, 1.82) is 0 Å². The lowest BCUT2D eigenvalue weighted by Gasteiger charge is -2.39. The maximum absolute atomic E-state index is 12.2. The molecule has 5 atom stereocenters. The summed E-state index contributed by atoms with van der Waals surface area (Å²) in [5.41, 5.74) is 1.04. The quantitative estimate of drug-likeness (QED) is 0.538. The molecule has 3 aliphatic heterocycles. The Bertz CT molecular complexity index is 661. The number of hydrazone groups is 1. The van der Waals surface area contributed by atoms with Crippen LogP contribution in [0.5, 0.6) is 0 Å². The van der Waals surface area contributed by atoms with Crippen LogP contribution in [0.3, 0.4) is 0 Å². The van der Waals surface area contributed by atoms with Crippen molar-refractivity contribution >= 4 is 11.8 Å². The van der Waals surface area contributed by atoms with Crippen LogP contribution in [-0.2, 0) is 14.2 Å². The lowest BCUT2D eigenvalue weighted by molar-refractivity contribution is -0.526. The zero-order valence-electron chi connectivity index (χ0n) is 15.2. The summed E-state index contributed by atoms with van der Waals surface area (Å²) in [7, 11) is 0. The fourth-order valence-corrected chi connectivity index (χ4v) is 5.65. The molecule has 9 heteroatoms. The van der Waals surface area contributed by atoms with Gasteiger partial charge in [-0.15, -0.1) is 0 Å². The van der Waals surface area contributed by atoms with Gasteiger partial charge < -0.3 is 14.2 Å². The van der Waals surface area contributed by atoms with E-state index in [0.717, 1.165) is 37.8 Å². The zero-order valence-corrected chi connectivity index (χ0v) is 15.2. The zero-order chi connectivity index (χ0) is 18.5. The summed E-state index contributed by atoms with van der Waals surface area (Å²) in [6.45, 7) is 0.741. The molecule has 0 aromatic heterocycles. The van der Waals surface area contributed by atoms with Gasteiger partial charge in [-0.25, -0.2) is 4.79 Å². The van der Waals surface area contributed by atoms with Gasteiger partial charge in [0.05, 0.1) is 18.2 Å². The largest absolute Gasteiger partial charge is 0.446 e. The van der Waals surface area contributed by atoms with Crippen LogP contribution in [0.15, 0.2) is 5.10 Å². The van der Waals surface area contributed by atoms with Crippen LogP contribution in [0.2, 0.25) is 0 Å². The predicted molar refractivity (Wildman–Crippen MR) is 92.6 cm³/mol. The molecule has 0 radical (unpaired) electrons. The highest BCUT2D eigenvalue weighted by molar-refractivity contribution is 5.91. The third-order valence-corrected chi connectivity index (χ3v) is 7.09. The molecule has 5 aliphatic rings. The highest BCUT2D eigenvalue weighted by Gasteiger charge is 2.49. The molecule has 0 bridgehead atoms. The molecular formula is C18H25N3O6. The second-order valence-electron chi connectivity index (χ2n) is 8.49. The number of ether oxygens (including phenoxy) is 3. The van der Waals surface area contributed by atoms with Crippen molar-refractivity contribution in [2.75, 3.05) is 13.4 Å². The summed E-state index contributed by atoms with van der Waals surface area (Å²) in [4.78, 5) is 23.1. The molecule has 1 amide bonds. The molecule has 0 aromatic carbocycles. The summed E-state index contributed by atoms with van der Waals surface area (Å²) < 4.78 is 16.8. The molecule has 0 N–H and O–H groups in total. The average molecular weight is 379 g/mol.